The average molecular weight is 524 g/mol. The number of carbonyl (C=O) groups is 4. The van der Waals surface area contributed by atoms with Crippen LogP contribution >= 0.6 is 0 Å². The third kappa shape index (κ3) is 6.65. The number of aliphatic hydroxyl groups excluding tert-OH is 1. The Morgan fingerprint density at radius 3 is 2.03 bits per heavy atom. The molecule has 2 atom stereocenters. The molecule has 0 bridgehead atoms. The average Bonchev–Trinajstić information content (AvgIpc) is 3.40. The monoisotopic (exact) mass is 523 g/mol. The smallest absolute Gasteiger partial charge is 0.261 e. The summed E-state index contributed by atoms with van der Waals surface area (Å²) in [5, 5.41) is 28.3. The van der Waals surface area contributed by atoms with Crippen molar-refractivity contribution in [2.24, 2.45) is 11.3 Å². The highest BCUT2D eigenvalue weighted by Crippen LogP contribution is 2.47. The quantitative estimate of drug-likeness (QED) is 0.356. The first-order valence-electron chi connectivity index (χ1n) is 12.8. The van der Waals surface area contributed by atoms with Crippen LogP contribution in [0.5, 0.6) is 0 Å². The SMILES string of the molecule is CC(C)(C)C.O=C(CNC(=O)C1(O)c2ccccc2-c2ccccc21)N[C@@H](CC1CCNC1=O)C(=O)CO. The van der Waals surface area contributed by atoms with Gasteiger partial charge in [-0.3, -0.25) is 19.2 Å². The zero-order chi connectivity index (χ0) is 28.1. The van der Waals surface area contributed by atoms with Crippen LogP contribution in [0.3, 0.4) is 0 Å². The number of amides is 3. The van der Waals surface area contributed by atoms with Crippen molar-refractivity contribution in [3.63, 3.8) is 0 Å². The number of ketones is 1. The fourth-order valence-electron chi connectivity index (χ4n) is 4.53. The van der Waals surface area contributed by atoms with Gasteiger partial charge in [-0.05, 0) is 29.4 Å². The lowest BCUT2D eigenvalue weighted by Gasteiger charge is -2.25. The minimum atomic E-state index is -1.96. The van der Waals surface area contributed by atoms with E-state index in [1.807, 2.05) is 24.3 Å². The van der Waals surface area contributed by atoms with Gasteiger partial charge in [0.15, 0.2) is 11.4 Å². The van der Waals surface area contributed by atoms with E-state index in [0.29, 0.717) is 29.5 Å². The van der Waals surface area contributed by atoms with E-state index >= 15 is 0 Å². The van der Waals surface area contributed by atoms with Gasteiger partial charge in [0.2, 0.25) is 11.8 Å². The second kappa shape index (κ2) is 11.9. The third-order valence-electron chi connectivity index (χ3n) is 6.22. The number of hydrogen-bond acceptors (Lipinski definition) is 6. The molecule has 1 unspecified atom stereocenters. The lowest BCUT2D eigenvalue weighted by atomic mass is 9.90. The number of benzene rings is 2. The van der Waals surface area contributed by atoms with Crippen molar-refractivity contribution < 1.29 is 29.4 Å². The second-order valence-corrected chi connectivity index (χ2v) is 11.2. The van der Waals surface area contributed by atoms with Gasteiger partial charge in [-0.2, -0.15) is 0 Å². The maximum atomic E-state index is 13.1. The minimum absolute atomic E-state index is 0.0651. The fraction of sp³-hybridized carbons (Fsp3) is 0.448. The molecule has 9 nitrogen and oxygen atoms in total. The van der Waals surface area contributed by atoms with E-state index in [1.54, 1.807) is 24.3 Å². The first-order chi connectivity index (χ1) is 17.9. The highest BCUT2D eigenvalue weighted by Gasteiger charge is 2.47. The highest BCUT2D eigenvalue weighted by atomic mass is 16.3. The van der Waals surface area contributed by atoms with Crippen LogP contribution in [-0.4, -0.2) is 59.5 Å². The lowest BCUT2D eigenvalue weighted by Crippen LogP contribution is -2.50. The fourth-order valence-corrected chi connectivity index (χ4v) is 4.53. The Kier molecular flexibility index (Phi) is 9.06. The van der Waals surface area contributed by atoms with Crippen LogP contribution in [0.1, 0.15) is 51.7 Å². The maximum Gasteiger partial charge on any atom is 0.261 e. The normalized spacial score (nSPS) is 17.7. The molecule has 3 amide bonds. The Bertz CT molecular complexity index is 1150. The summed E-state index contributed by atoms with van der Waals surface area (Å²) in [6.45, 7) is 7.98. The summed E-state index contributed by atoms with van der Waals surface area (Å²) in [6, 6.07) is 13.0. The number of carbonyl (C=O) groups excluding carboxylic acids is 4. The van der Waals surface area contributed by atoms with Crippen LogP contribution < -0.4 is 16.0 Å². The number of aliphatic hydroxyl groups is 2. The lowest BCUT2D eigenvalue weighted by molar-refractivity contribution is -0.138. The number of nitrogens with one attached hydrogen (secondary N) is 3. The van der Waals surface area contributed by atoms with E-state index in [4.69, 9.17) is 0 Å². The van der Waals surface area contributed by atoms with Crippen molar-refractivity contribution >= 4 is 23.5 Å². The van der Waals surface area contributed by atoms with Gasteiger partial charge in [-0.25, -0.2) is 0 Å². The summed E-state index contributed by atoms with van der Waals surface area (Å²) in [4.78, 5) is 49.5. The molecule has 1 aliphatic carbocycles. The van der Waals surface area contributed by atoms with Crippen molar-refractivity contribution in [2.45, 2.75) is 52.2 Å². The maximum absolute atomic E-state index is 13.1. The number of rotatable bonds is 8. The Morgan fingerprint density at radius 2 is 1.55 bits per heavy atom. The predicted molar refractivity (Wildman–Crippen MR) is 143 cm³/mol. The first-order valence-corrected chi connectivity index (χ1v) is 12.8. The summed E-state index contributed by atoms with van der Waals surface area (Å²) in [7, 11) is 0. The van der Waals surface area contributed by atoms with E-state index < -0.39 is 48.3 Å². The molecule has 1 heterocycles. The van der Waals surface area contributed by atoms with E-state index in [-0.39, 0.29) is 12.3 Å². The van der Waals surface area contributed by atoms with Crippen molar-refractivity contribution in [3.05, 3.63) is 59.7 Å². The molecule has 0 aromatic heterocycles. The second-order valence-electron chi connectivity index (χ2n) is 11.2. The van der Waals surface area contributed by atoms with Crippen LogP contribution in [0.2, 0.25) is 0 Å². The van der Waals surface area contributed by atoms with Gasteiger partial charge in [-0.1, -0.05) is 76.2 Å². The standard InChI is InChI=1S/C24H25N3O6.C5H12/c28-13-20(29)19(11-14-9-10-25-22(14)31)27-21(30)12-26-23(32)24(33)17-7-3-1-5-15(17)16-6-2-4-8-18(16)24;1-5(2,3)4/h1-8,14,19,28,33H,9-13H2,(H,25,31)(H,26,32)(H,27,30);1-4H3/t14?,19-;/m0./s1. The minimum Gasteiger partial charge on any atom is -0.389 e. The van der Waals surface area contributed by atoms with Crippen molar-refractivity contribution in [3.8, 4) is 11.1 Å². The van der Waals surface area contributed by atoms with Gasteiger partial charge in [0.25, 0.3) is 5.91 Å². The van der Waals surface area contributed by atoms with Crippen LogP contribution in [0.25, 0.3) is 11.1 Å². The van der Waals surface area contributed by atoms with Gasteiger partial charge in [0.1, 0.15) is 6.61 Å². The van der Waals surface area contributed by atoms with Gasteiger partial charge < -0.3 is 26.2 Å². The van der Waals surface area contributed by atoms with Crippen LogP contribution in [0.15, 0.2) is 48.5 Å². The molecule has 0 spiro atoms. The molecule has 0 radical (unpaired) electrons. The molecule has 1 saturated heterocycles. The van der Waals surface area contributed by atoms with E-state index in [2.05, 4.69) is 43.6 Å². The van der Waals surface area contributed by atoms with Gasteiger partial charge in [0.05, 0.1) is 12.6 Å². The molecule has 5 N–H and O–H groups in total. The zero-order valence-corrected chi connectivity index (χ0v) is 22.3. The van der Waals surface area contributed by atoms with Crippen LogP contribution in [0.4, 0.5) is 0 Å². The van der Waals surface area contributed by atoms with Gasteiger partial charge in [-0.15, -0.1) is 0 Å². The molecule has 2 aromatic rings. The van der Waals surface area contributed by atoms with Crippen molar-refractivity contribution in [1.29, 1.82) is 0 Å². The van der Waals surface area contributed by atoms with E-state index in [0.717, 1.165) is 11.1 Å². The zero-order valence-electron chi connectivity index (χ0n) is 22.3. The Hall–Kier alpha value is -3.56. The summed E-state index contributed by atoms with van der Waals surface area (Å²) in [5.74, 6) is -2.69. The molecule has 1 aliphatic heterocycles. The summed E-state index contributed by atoms with van der Waals surface area (Å²) in [6.07, 6.45) is 0.599. The molecule has 2 aliphatic rings. The highest BCUT2D eigenvalue weighted by molar-refractivity contribution is 6.00. The molecule has 1 fully saturated rings. The number of Topliss-reactive ketones (excluding diaryl/α,β-unsaturated/α-hetero) is 1. The molecule has 204 valence electrons. The largest absolute Gasteiger partial charge is 0.389 e. The number of hydrogen-bond donors (Lipinski definition) is 5. The number of fused-ring (bicyclic) bond motifs is 3. The first kappa shape index (κ1) is 29.0. The Morgan fingerprint density at radius 1 is 1.03 bits per heavy atom. The summed E-state index contributed by atoms with van der Waals surface area (Å²) in [5.41, 5.74) is 0.849. The van der Waals surface area contributed by atoms with Crippen molar-refractivity contribution in [1.82, 2.24) is 16.0 Å². The molecule has 4 rings (SSSR count). The van der Waals surface area contributed by atoms with Crippen molar-refractivity contribution in [2.75, 3.05) is 19.7 Å². The topological polar surface area (TPSA) is 145 Å². The van der Waals surface area contributed by atoms with E-state index in [9.17, 15) is 29.4 Å². The molecular weight excluding hydrogens is 486 g/mol. The molecule has 9 heteroatoms. The van der Waals surface area contributed by atoms with Crippen LogP contribution in [0, 0.1) is 11.3 Å². The Labute approximate surface area is 223 Å². The van der Waals surface area contributed by atoms with Gasteiger partial charge >= 0.3 is 0 Å². The summed E-state index contributed by atoms with van der Waals surface area (Å²) >= 11 is 0. The molecule has 0 saturated carbocycles. The Balaban J connectivity index is 0.000000732. The summed E-state index contributed by atoms with van der Waals surface area (Å²) < 4.78 is 0. The molecular formula is C29H37N3O6. The molecule has 2 aromatic carbocycles. The van der Waals surface area contributed by atoms with Crippen LogP contribution in [-0.2, 0) is 24.8 Å². The van der Waals surface area contributed by atoms with E-state index in [1.165, 1.54) is 0 Å². The third-order valence-corrected chi connectivity index (χ3v) is 6.22. The predicted octanol–water partition coefficient (Wildman–Crippen LogP) is 1.64. The molecule has 38 heavy (non-hydrogen) atoms. The van der Waals surface area contributed by atoms with Gasteiger partial charge in [0, 0.05) is 23.6 Å².